The third kappa shape index (κ3) is 1.47. The molecule has 3 heteroatoms. The Hall–Kier alpha value is -2.29. The lowest BCUT2D eigenvalue weighted by Gasteiger charge is -2.24. The molecule has 0 spiro atoms. The standard InChI is InChI=1S/C14H10O3/c1-2-12-16-11-8-7-9-5-3-4-6-10(9)13(11)14(15)17-12/h2-8,12H,1H2. The largest absolute Gasteiger partial charge is 0.450 e. The van der Waals surface area contributed by atoms with E-state index in [2.05, 4.69) is 6.58 Å². The van der Waals surface area contributed by atoms with Gasteiger partial charge in [-0.3, -0.25) is 0 Å². The number of carbonyl (C=O) groups is 1. The molecule has 0 aliphatic carbocycles. The van der Waals surface area contributed by atoms with Gasteiger partial charge in [0, 0.05) is 0 Å². The minimum Gasteiger partial charge on any atom is -0.450 e. The van der Waals surface area contributed by atoms with Crippen LogP contribution in [-0.2, 0) is 4.74 Å². The first-order chi connectivity index (χ1) is 8.29. The SMILES string of the molecule is C=CC1OC(=O)c2c(ccc3ccccc23)O1. The third-order valence-corrected chi connectivity index (χ3v) is 2.75. The Labute approximate surface area is 98.3 Å². The molecule has 0 saturated heterocycles. The Morgan fingerprint density at radius 1 is 1.12 bits per heavy atom. The summed E-state index contributed by atoms with van der Waals surface area (Å²) in [6, 6.07) is 11.3. The Balaban J connectivity index is 2.27. The summed E-state index contributed by atoms with van der Waals surface area (Å²) in [6.45, 7) is 3.55. The van der Waals surface area contributed by atoms with E-state index in [4.69, 9.17) is 9.47 Å². The molecule has 17 heavy (non-hydrogen) atoms. The van der Waals surface area contributed by atoms with Crippen LogP contribution in [0.5, 0.6) is 5.75 Å². The fourth-order valence-corrected chi connectivity index (χ4v) is 1.97. The van der Waals surface area contributed by atoms with E-state index >= 15 is 0 Å². The molecule has 84 valence electrons. The monoisotopic (exact) mass is 226 g/mol. The molecule has 2 aromatic carbocycles. The van der Waals surface area contributed by atoms with E-state index in [1.807, 2.05) is 30.3 Å². The predicted molar refractivity (Wildman–Crippen MR) is 64.0 cm³/mol. The van der Waals surface area contributed by atoms with Gasteiger partial charge in [0.05, 0.1) is 0 Å². The highest BCUT2D eigenvalue weighted by molar-refractivity contribution is 6.07. The highest BCUT2D eigenvalue weighted by Gasteiger charge is 2.27. The molecule has 1 atom stereocenters. The first-order valence-electron chi connectivity index (χ1n) is 5.31. The average molecular weight is 226 g/mol. The van der Waals surface area contributed by atoms with E-state index in [1.54, 1.807) is 6.07 Å². The van der Waals surface area contributed by atoms with E-state index in [0.717, 1.165) is 10.8 Å². The maximum atomic E-state index is 11.9. The number of hydrogen-bond donors (Lipinski definition) is 0. The molecule has 0 radical (unpaired) electrons. The van der Waals surface area contributed by atoms with E-state index in [9.17, 15) is 4.79 Å². The van der Waals surface area contributed by atoms with Crippen LogP contribution in [0.15, 0.2) is 49.1 Å². The molecule has 0 N–H and O–H groups in total. The zero-order valence-electron chi connectivity index (χ0n) is 9.05. The number of hydrogen-bond acceptors (Lipinski definition) is 3. The van der Waals surface area contributed by atoms with Crippen molar-refractivity contribution in [3.8, 4) is 5.75 Å². The molecule has 1 aliphatic heterocycles. The Kier molecular flexibility index (Phi) is 2.11. The van der Waals surface area contributed by atoms with E-state index in [0.29, 0.717) is 11.3 Å². The van der Waals surface area contributed by atoms with Gasteiger partial charge in [-0.05, 0) is 22.9 Å². The number of fused-ring (bicyclic) bond motifs is 3. The van der Waals surface area contributed by atoms with Crippen molar-refractivity contribution >= 4 is 16.7 Å². The summed E-state index contributed by atoms with van der Waals surface area (Å²) in [6.07, 6.45) is 0.756. The molecular weight excluding hydrogens is 216 g/mol. The Morgan fingerprint density at radius 2 is 1.94 bits per heavy atom. The number of rotatable bonds is 1. The lowest BCUT2D eigenvalue weighted by atomic mass is 10.0. The zero-order chi connectivity index (χ0) is 11.8. The first kappa shape index (κ1) is 9.90. The van der Waals surface area contributed by atoms with Crippen molar-refractivity contribution in [1.82, 2.24) is 0 Å². The molecule has 0 saturated carbocycles. The summed E-state index contributed by atoms with van der Waals surface area (Å²) in [4.78, 5) is 11.9. The van der Waals surface area contributed by atoms with Gasteiger partial charge in [0.15, 0.2) is 0 Å². The van der Waals surface area contributed by atoms with Crippen molar-refractivity contribution in [3.05, 3.63) is 54.6 Å². The molecule has 1 unspecified atom stereocenters. The lowest BCUT2D eigenvalue weighted by molar-refractivity contribution is -0.0326. The van der Waals surface area contributed by atoms with Gasteiger partial charge in [-0.1, -0.05) is 36.9 Å². The summed E-state index contributed by atoms with van der Waals surface area (Å²) in [7, 11) is 0. The minimum absolute atomic E-state index is 0.368. The van der Waals surface area contributed by atoms with Crippen molar-refractivity contribution in [2.24, 2.45) is 0 Å². The van der Waals surface area contributed by atoms with Gasteiger partial charge in [0.1, 0.15) is 11.3 Å². The summed E-state index contributed by atoms with van der Waals surface area (Å²) in [5, 5.41) is 1.83. The fraction of sp³-hybridized carbons (Fsp3) is 0.0714. The van der Waals surface area contributed by atoms with E-state index in [-0.39, 0.29) is 5.97 Å². The van der Waals surface area contributed by atoms with Crippen molar-refractivity contribution in [1.29, 1.82) is 0 Å². The maximum Gasteiger partial charge on any atom is 0.345 e. The van der Waals surface area contributed by atoms with Crippen molar-refractivity contribution in [3.63, 3.8) is 0 Å². The predicted octanol–water partition coefficient (Wildman–Crippen LogP) is 2.90. The molecular formula is C14H10O3. The summed E-state index contributed by atoms with van der Waals surface area (Å²) in [5.41, 5.74) is 0.487. The van der Waals surface area contributed by atoms with Crippen LogP contribution < -0.4 is 4.74 Å². The number of cyclic esters (lactones) is 1. The van der Waals surface area contributed by atoms with Crippen LogP contribution in [0.25, 0.3) is 10.8 Å². The van der Waals surface area contributed by atoms with Crippen LogP contribution >= 0.6 is 0 Å². The normalized spacial score (nSPS) is 18.1. The van der Waals surface area contributed by atoms with Gasteiger partial charge < -0.3 is 9.47 Å². The molecule has 3 nitrogen and oxygen atoms in total. The van der Waals surface area contributed by atoms with Gasteiger partial charge in [0.2, 0.25) is 0 Å². The van der Waals surface area contributed by atoms with Crippen molar-refractivity contribution in [2.75, 3.05) is 0 Å². The van der Waals surface area contributed by atoms with Crippen LogP contribution in [0.2, 0.25) is 0 Å². The Bertz CT molecular complexity index is 616. The van der Waals surface area contributed by atoms with Crippen LogP contribution in [0.1, 0.15) is 10.4 Å². The van der Waals surface area contributed by atoms with Crippen molar-refractivity contribution < 1.29 is 14.3 Å². The minimum atomic E-state index is -0.698. The molecule has 3 rings (SSSR count). The molecule has 0 amide bonds. The molecule has 0 aromatic heterocycles. The number of esters is 1. The zero-order valence-corrected chi connectivity index (χ0v) is 9.05. The molecule has 1 heterocycles. The lowest BCUT2D eigenvalue weighted by Crippen LogP contribution is -2.28. The quantitative estimate of drug-likeness (QED) is 0.554. The highest BCUT2D eigenvalue weighted by Crippen LogP contribution is 2.32. The third-order valence-electron chi connectivity index (χ3n) is 2.75. The number of carbonyl (C=O) groups excluding carboxylic acids is 1. The summed E-state index contributed by atoms with van der Waals surface area (Å²) >= 11 is 0. The smallest absolute Gasteiger partial charge is 0.345 e. The average Bonchev–Trinajstić information content (AvgIpc) is 2.37. The fourth-order valence-electron chi connectivity index (χ4n) is 1.97. The maximum absolute atomic E-state index is 11.9. The van der Waals surface area contributed by atoms with Gasteiger partial charge >= 0.3 is 5.97 Å². The topological polar surface area (TPSA) is 35.5 Å². The summed E-state index contributed by atoms with van der Waals surface area (Å²) in [5.74, 6) is 0.179. The number of ether oxygens (including phenoxy) is 2. The van der Waals surface area contributed by atoms with Gasteiger partial charge in [0.25, 0.3) is 6.29 Å². The molecule has 0 bridgehead atoms. The van der Waals surface area contributed by atoms with E-state index < -0.39 is 6.29 Å². The number of benzene rings is 2. The highest BCUT2D eigenvalue weighted by atomic mass is 16.7. The molecule has 0 fully saturated rings. The second-order valence-electron chi connectivity index (χ2n) is 3.79. The Morgan fingerprint density at radius 3 is 2.76 bits per heavy atom. The van der Waals surface area contributed by atoms with Crippen LogP contribution in [0, 0.1) is 0 Å². The van der Waals surface area contributed by atoms with Gasteiger partial charge in [-0.15, -0.1) is 0 Å². The summed E-state index contributed by atoms with van der Waals surface area (Å²) < 4.78 is 10.6. The van der Waals surface area contributed by atoms with Gasteiger partial charge in [-0.2, -0.15) is 0 Å². The first-order valence-corrected chi connectivity index (χ1v) is 5.31. The van der Waals surface area contributed by atoms with Crippen molar-refractivity contribution in [2.45, 2.75) is 6.29 Å². The van der Waals surface area contributed by atoms with Gasteiger partial charge in [-0.25, -0.2) is 4.79 Å². The van der Waals surface area contributed by atoms with Crippen LogP contribution in [0.3, 0.4) is 0 Å². The second kappa shape index (κ2) is 3.63. The van der Waals surface area contributed by atoms with E-state index in [1.165, 1.54) is 6.08 Å². The van der Waals surface area contributed by atoms with Crippen LogP contribution in [-0.4, -0.2) is 12.3 Å². The molecule has 1 aliphatic rings. The van der Waals surface area contributed by atoms with Crippen LogP contribution in [0.4, 0.5) is 0 Å². The molecule has 2 aromatic rings. The second-order valence-corrected chi connectivity index (χ2v) is 3.79.